The van der Waals surface area contributed by atoms with Gasteiger partial charge < -0.3 is 14.6 Å². The minimum absolute atomic E-state index is 0.496. The van der Waals surface area contributed by atoms with Crippen LogP contribution in [0.1, 0.15) is 25.0 Å². The first-order valence-corrected chi connectivity index (χ1v) is 9.14. The van der Waals surface area contributed by atoms with E-state index in [0.717, 1.165) is 18.5 Å². The van der Waals surface area contributed by atoms with Crippen LogP contribution in [0.2, 0.25) is 0 Å². The molecule has 2 N–H and O–H groups in total. The van der Waals surface area contributed by atoms with Crippen LogP contribution < -0.4 is 5.46 Å². The highest BCUT2D eigenvalue weighted by molar-refractivity contribution is 6.58. The topological polar surface area (TPSA) is 45.4 Å². The molecule has 0 aliphatic heterocycles. The molecule has 3 nitrogen and oxygen atoms in total. The Hall–Kier alpha value is -2.56. The lowest BCUT2D eigenvalue weighted by Gasteiger charge is -2.09. The minimum atomic E-state index is -1.44. The van der Waals surface area contributed by atoms with Crippen LogP contribution in [0.3, 0.4) is 0 Å². The van der Waals surface area contributed by atoms with Gasteiger partial charge in [-0.15, -0.1) is 0 Å². The van der Waals surface area contributed by atoms with Crippen molar-refractivity contribution in [1.82, 2.24) is 4.57 Å². The summed E-state index contributed by atoms with van der Waals surface area (Å²) in [4.78, 5) is 0. The fraction of sp³-hybridized carbons (Fsp3) is 0.182. The van der Waals surface area contributed by atoms with Crippen molar-refractivity contribution in [2.75, 3.05) is 0 Å². The molecule has 0 unspecified atom stereocenters. The van der Waals surface area contributed by atoms with Crippen molar-refractivity contribution in [2.45, 2.75) is 26.7 Å². The van der Waals surface area contributed by atoms with E-state index < -0.39 is 7.12 Å². The van der Waals surface area contributed by atoms with Gasteiger partial charge in [0.1, 0.15) is 0 Å². The van der Waals surface area contributed by atoms with E-state index in [2.05, 4.69) is 54.8 Å². The van der Waals surface area contributed by atoms with Crippen molar-refractivity contribution in [3.8, 4) is 5.69 Å². The molecule has 0 saturated heterocycles. The zero-order chi connectivity index (χ0) is 18.3. The number of nitrogens with zero attached hydrogens (tertiary/aromatic N) is 1. The van der Waals surface area contributed by atoms with Gasteiger partial charge in [0.15, 0.2) is 0 Å². The third kappa shape index (κ3) is 2.72. The Morgan fingerprint density at radius 1 is 0.731 bits per heavy atom. The summed E-state index contributed by atoms with van der Waals surface area (Å²) < 4.78 is 2.25. The lowest BCUT2D eigenvalue weighted by molar-refractivity contribution is 0.426. The van der Waals surface area contributed by atoms with Crippen LogP contribution in [0.4, 0.5) is 0 Å². The van der Waals surface area contributed by atoms with E-state index in [0.29, 0.717) is 5.46 Å². The zero-order valence-corrected chi connectivity index (χ0v) is 15.1. The van der Waals surface area contributed by atoms with Crippen LogP contribution >= 0.6 is 0 Å². The van der Waals surface area contributed by atoms with Gasteiger partial charge in [-0.2, -0.15) is 0 Å². The quantitative estimate of drug-likeness (QED) is 0.556. The summed E-state index contributed by atoms with van der Waals surface area (Å²) in [7, 11) is -1.44. The van der Waals surface area contributed by atoms with Crippen LogP contribution in [0.25, 0.3) is 27.5 Å². The lowest BCUT2D eigenvalue weighted by atomic mass is 9.80. The minimum Gasteiger partial charge on any atom is -0.423 e. The van der Waals surface area contributed by atoms with Gasteiger partial charge in [0.2, 0.25) is 0 Å². The van der Waals surface area contributed by atoms with E-state index in [1.807, 2.05) is 12.1 Å². The SMILES string of the molecule is CCc1ccc2c(c1)c1cc(CC)ccc1n2-c1ccc(B(O)O)cc1. The van der Waals surface area contributed by atoms with Gasteiger partial charge >= 0.3 is 7.12 Å². The summed E-state index contributed by atoms with van der Waals surface area (Å²) >= 11 is 0. The Balaban J connectivity index is 2.03. The van der Waals surface area contributed by atoms with Crippen LogP contribution in [0.5, 0.6) is 0 Å². The molecule has 130 valence electrons. The molecule has 0 fully saturated rings. The van der Waals surface area contributed by atoms with Gasteiger partial charge in [-0.25, -0.2) is 0 Å². The van der Waals surface area contributed by atoms with Crippen LogP contribution in [-0.4, -0.2) is 21.7 Å². The highest BCUT2D eigenvalue weighted by atomic mass is 16.4. The monoisotopic (exact) mass is 343 g/mol. The molecule has 1 heterocycles. The first-order valence-electron chi connectivity index (χ1n) is 9.14. The number of fused-ring (bicyclic) bond motifs is 3. The number of aryl methyl sites for hydroxylation is 2. The summed E-state index contributed by atoms with van der Waals surface area (Å²) in [5.41, 5.74) is 6.51. The third-order valence-electron chi connectivity index (χ3n) is 5.16. The van der Waals surface area contributed by atoms with E-state index in [1.165, 1.54) is 32.9 Å². The maximum absolute atomic E-state index is 9.35. The van der Waals surface area contributed by atoms with Crippen LogP contribution in [-0.2, 0) is 12.8 Å². The highest BCUT2D eigenvalue weighted by Gasteiger charge is 2.15. The molecule has 4 heteroatoms. The van der Waals surface area contributed by atoms with Crippen LogP contribution in [0, 0.1) is 0 Å². The van der Waals surface area contributed by atoms with Gasteiger partial charge in [0, 0.05) is 16.5 Å². The normalized spacial score (nSPS) is 11.4. The molecule has 0 spiro atoms. The Morgan fingerprint density at radius 3 is 1.65 bits per heavy atom. The molecule has 0 amide bonds. The van der Waals surface area contributed by atoms with Crippen LogP contribution in [0.15, 0.2) is 60.7 Å². The van der Waals surface area contributed by atoms with E-state index in [-0.39, 0.29) is 0 Å². The smallest absolute Gasteiger partial charge is 0.423 e. The first kappa shape index (κ1) is 16.9. The predicted molar refractivity (Wildman–Crippen MR) is 109 cm³/mol. The summed E-state index contributed by atoms with van der Waals surface area (Å²) in [5.74, 6) is 0. The second kappa shape index (κ2) is 6.63. The average molecular weight is 343 g/mol. The summed E-state index contributed by atoms with van der Waals surface area (Å²) in [6, 6.07) is 20.7. The molecular weight excluding hydrogens is 321 g/mol. The van der Waals surface area contributed by atoms with E-state index in [9.17, 15) is 10.0 Å². The fourth-order valence-electron chi connectivity index (χ4n) is 3.63. The highest BCUT2D eigenvalue weighted by Crippen LogP contribution is 2.33. The lowest BCUT2D eigenvalue weighted by Crippen LogP contribution is -2.29. The molecule has 0 atom stereocenters. The van der Waals surface area contributed by atoms with Gasteiger partial charge in [0.05, 0.1) is 11.0 Å². The zero-order valence-electron chi connectivity index (χ0n) is 15.1. The van der Waals surface area contributed by atoms with Crippen molar-refractivity contribution in [1.29, 1.82) is 0 Å². The number of hydrogen-bond acceptors (Lipinski definition) is 2. The number of hydrogen-bond donors (Lipinski definition) is 2. The Kier molecular flexibility index (Phi) is 4.31. The van der Waals surface area contributed by atoms with Crippen molar-refractivity contribution in [3.05, 3.63) is 71.8 Å². The van der Waals surface area contributed by atoms with E-state index in [1.54, 1.807) is 12.1 Å². The molecule has 0 aliphatic carbocycles. The summed E-state index contributed by atoms with van der Waals surface area (Å²) in [6.07, 6.45) is 2.03. The van der Waals surface area contributed by atoms with Gasteiger partial charge in [-0.05, 0) is 65.8 Å². The van der Waals surface area contributed by atoms with E-state index in [4.69, 9.17) is 0 Å². The number of benzene rings is 3. The number of rotatable bonds is 4. The van der Waals surface area contributed by atoms with E-state index >= 15 is 0 Å². The Bertz CT molecular complexity index is 1020. The third-order valence-corrected chi connectivity index (χ3v) is 5.16. The summed E-state index contributed by atoms with van der Waals surface area (Å²) in [6.45, 7) is 4.35. The Morgan fingerprint density at radius 2 is 1.23 bits per heavy atom. The van der Waals surface area contributed by atoms with Crippen molar-refractivity contribution in [2.24, 2.45) is 0 Å². The molecule has 3 aromatic carbocycles. The second-order valence-corrected chi connectivity index (χ2v) is 6.71. The molecule has 0 radical (unpaired) electrons. The van der Waals surface area contributed by atoms with Crippen molar-refractivity contribution < 1.29 is 10.0 Å². The molecule has 26 heavy (non-hydrogen) atoms. The average Bonchev–Trinajstić information content (AvgIpc) is 3.00. The maximum atomic E-state index is 9.35. The second-order valence-electron chi connectivity index (χ2n) is 6.71. The predicted octanol–water partition coefficient (Wildman–Crippen LogP) is 3.59. The van der Waals surface area contributed by atoms with Gasteiger partial charge in [0.25, 0.3) is 0 Å². The molecular formula is C22H22BNO2. The van der Waals surface area contributed by atoms with Crippen molar-refractivity contribution in [3.63, 3.8) is 0 Å². The standard InChI is InChI=1S/C22H22BNO2/c1-3-15-5-11-21-19(13-15)20-14-16(4-2)6-12-22(20)24(21)18-9-7-17(8-10-18)23(25)26/h5-14,25-26H,3-4H2,1-2H3. The van der Waals surface area contributed by atoms with Gasteiger partial charge in [-0.3, -0.25) is 0 Å². The molecule has 1 aromatic heterocycles. The fourth-order valence-corrected chi connectivity index (χ4v) is 3.63. The molecule has 4 rings (SSSR count). The molecule has 4 aromatic rings. The molecule has 0 saturated carbocycles. The summed E-state index contributed by atoms with van der Waals surface area (Å²) in [5, 5.41) is 21.2. The molecule has 0 bridgehead atoms. The Labute approximate surface area is 153 Å². The molecule has 0 aliphatic rings. The largest absolute Gasteiger partial charge is 0.488 e. The first-order chi connectivity index (χ1) is 12.6. The number of aromatic nitrogens is 1. The van der Waals surface area contributed by atoms with Crippen molar-refractivity contribution >= 4 is 34.4 Å². The van der Waals surface area contributed by atoms with Gasteiger partial charge in [-0.1, -0.05) is 38.1 Å². The maximum Gasteiger partial charge on any atom is 0.488 e.